The van der Waals surface area contributed by atoms with Crippen molar-refractivity contribution in [1.82, 2.24) is 24.7 Å². The van der Waals surface area contributed by atoms with Gasteiger partial charge in [-0.2, -0.15) is 0 Å². The number of aromatic nitrogens is 5. The Morgan fingerprint density at radius 2 is 2.16 bits per heavy atom. The molecular formula is C23H21FN6S. The van der Waals surface area contributed by atoms with E-state index >= 15 is 0 Å². The first-order valence-corrected chi connectivity index (χ1v) is 11.0. The average molecular weight is 433 g/mol. The number of nitrogens with zero attached hydrogens (tertiary/aromatic N) is 5. The smallest absolute Gasteiger partial charge is 0.196 e. The summed E-state index contributed by atoms with van der Waals surface area (Å²) in [7, 11) is 0. The second-order valence-corrected chi connectivity index (χ2v) is 8.41. The second kappa shape index (κ2) is 8.85. The van der Waals surface area contributed by atoms with Crippen molar-refractivity contribution in [1.29, 1.82) is 0 Å². The summed E-state index contributed by atoms with van der Waals surface area (Å²) >= 11 is 1.56. The normalized spacial score (nSPS) is 13.3. The molecule has 4 heterocycles. The van der Waals surface area contributed by atoms with Crippen molar-refractivity contribution in [3.8, 4) is 0 Å². The molecular weight excluding hydrogens is 411 g/mol. The molecule has 0 atom stereocenters. The number of rotatable bonds is 8. The lowest BCUT2D eigenvalue weighted by molar-refractivity contribution is 0.573. The van der Waals surface area contributed by atoms with E-state index < -0.39 is 0 Å². The predicted molar refractivity (Wildman–Crippen MR) is 120 cm³/mol. The first-order valence-electron chi connectivity index (χ1n) is 10.2. The summed E-state index contributed by atoms with van der Waals surface area (Å²) in [6, 6.07) is 8.75. The summed E-state index contributed by atoms with van der Waals surface area (Å²) in [4.78, 5) is 12.8. The van der Waals surface area contributed by atoms with Crippen LogP contribution in [0.25, 0.3) is 10.9 Å². The Hall–Kier alpha value is -3.26. The molecule has 31 heavy (non-hydrogen) atoms. The molecule has 0 amide bonds. The fourth-order valence-corrected chi connectivity index (χ4v) is 4.59. The largest absolute Gasteiger partial charge is 0.361 e. The van der Waals surface area contributed by atoms with Crippen molar-refractivity contribution < 1.29 is 4.39 Å². The Balaban J connectivity index is 1.41. The highest BCUT2D eigenvalue weighted by atomic mass is 32.2. The lowest BCUT2D eigenvalue weighted by Gasteiger charge is -2.10. The van der Waals surface area contributed by atoms with Crippen molar-refractivity contribution >= 4 is 28.9 Å². The third kappa shape index (κ3) is 4.44. The quantitative estimate of drug-likeness (QED) is 0.417. The van der Waals surface area contributed by atoms with Gasteiger partial charge in [-0.05, 0) is 60.5 Å². The molecule has 1 aliphatic rings. The van der Waals surface area contributed by atoms with Gasteiger partial charge in [0, 0.05) is 65.7 Å². The Bertz CT molecular complexity index is 1260. The van der Waals surface area contributed by atoms with Crippen molar-refractivity contribution in [2.75, 3.05) is 0 Å². The molecule has 0 aliphatic carbocycles. The molecule has 1 N–H and O–H groups in total. The highest BCUT2D eigenvalue weighted by Crippen LogP contribution is 2.28. The number of fused-ring (bicyclic) bond motifs is 1. The third-order valence-corrected chi connectivity index (χ3v) is 6.21. The molecule has 3 aromatic heterocycles. The summed E-state index contributed by atoms with van der Waals surface area (Å²) in [6.45, 7) is 0.800. The summed E-state index contributed by atoms with van der Waals surface area (Å²) in [5, 5.41) is 10.8. The van der Waals surface area contributed by atoms with Gasteiger partial charge in [0.2, 0.25) is 0 Å². The number of halogens is 1. The Kier molecular flexibility index (Phi) is 5.62. The topological polar surface area (TPSA) is 71.8 Å². The van der Waals surface area contributed by atoms with Crippen molar-refractivity contribution in [3.63, 3.8) is 0 Å². The van der Waals surface area contributed by atoms with Crippen LogP contribution in [0.15, 0.2) is 75.7 Å². The number of pyridine rings is 1. The Morgan fingerprint density at radius 1 is 1.19 bits per heavy atom. The first kappa shape index (κ1) is 19.7. The molecule has 4 aromatic rings. The van der Waals surface area contributed by atoms with Crippen LogP contribution in [0.1, 0.15) is 30.7 Å². The van der Waals surface area contributed by atoms with Gasteiger partial charge in [-0.15, -0.1) is 10.2 Å². The first-order chi connectivity index (χ1) is 15.3. The number of aliphatic imine (C=N–C) groups is 1. The van der Waals surface area contributed by atoms with Crippen LogP contribution in [-0.2, 0) is 13.0 Å². The van der Waals surface area contributed by atoms with Gasteiger partial charge in [0.25, 0.3) is 0 Å². The number of hydrogen-bond donors (Lipinski definition) is 1. The van der Waals surface area contributed by atoms with Gasteiger partial charge < -0.3 is 9.55 Å². The molecule has 6 nitrogen and oxygen atoms in total. The van der Waals surface area contributed by atoms with Crippen LogP contribution in [0, 0.1) is 5.82 Å². The Labute approximate surface area is 183 Å². The van der Waals surface area contributed by atoms with Crippen molar-refractivity contribution in [2.45, 2.75) is 42.3 Å². The molecule has 1 aliphatic heterocycles. The van der Waals surface area contributed by atoms with Crippen LogP contribution in [0.4, 0.5) is 4.39 Å². The molecule has 0 fully saturated rings. The third-order valence-electron chi connectivity index (χ3n) is 5.25. The van der Waals surface area contributed by atoms with Gasteiger partial charge in [0.1, 0.15) is 11.6 Å². The van der Waals surface area contributed by atoms with Crippen molar-refractivity contribution in [2.24, 2.45) is 4.99 Å². The number of benzene rings is 1. The molecule has 5 rings (SSSR count). The van der Waals surface area contributed by atoms with Gasteiger partial charge in [-0.1, -0.05) is 6.08 Å². The molecule has 0 spiro atoms. The second-order valence-electron chi connectivity index (χ2n) is 7.37. The molecule has 0 unspecified atom stereocenters. The molecule has 8 heteroatoms. The van der Waals surface area contributed by atoms with Crippen LogP contribution in [-0.4, -0.2) is 30.9 Å². The maximum atomic E-state index is 13.5. The molecule has 1 aromatic carbocycles. The van der Waals surface area contributed by atoms with Crippen LogP contribution < -0.4 is 0 Å². The highest BCUT2D eigenvalue weighted by molar-refractivity contribution is 7.99. The molecule has 0 saturated carbocycles. The van der Waals surface area contributed by atoms with E-state index in [2.05, 4.69) is 35.8 Å². The monoisotopic (exact) mass is 432 g/mol. The number of allylic oxidation sites excluding steroid dienone is 2. The van der Waals surface area contributed by atoms with Crippen LogP contribution in [0.2, 0.25) is 0 Å². The zero-order valence-corrected chi connectivity index (χ0v) is 17.6. The maximum absolute atomic E-state index is 13.5. The van der Waals surface area contributed by atoms with Gasteiger partial charge in [0.05, 0.1) is 0 Å². The fraction of sp³-hybridized carbons (Fsp3) is 0.217. The highest BCUT2D eigenvalue weighted by Gasteiger charge is 2.16. The standard InChI is InChI=1S/C23H21FN6S/c24-17-7-8-20-16(14-27-21(20)13-17)12-22-28-29-23(31-19-6-2-9-25-15-19)30(22)11-3-5-18-4-1-10-26-18/h2,4,6-10,13-15,27H,1,3,5,11-12H2. The minimum absolute atomic E-state index is 0.247. The van der Waals surface area contributed by atoms with E-state index in [1.54, 1.807) is 18.0 Å². The fourth-order valence-electron chi connectivity index (χ4n) is 3.73. The van der Waals surface area contributed by atoms with E-state index in [1.165, 1.54) is 12.1 Å². The van der Waals surface area contributed by atoms with E-state index in [1.807, 2.05) is 36.8 Å². The summed E-state index contributed by atoms with van der Waals surface area (Å²) in [5.74, 6) is 0.642. The number of hydrogen-bond acceptors (Lipinski definition) is 5. The Morgan fingerprint density at radius 3 is 3.00 bits per heavy atom. The van der Waals surface area contributed by atoms with E-state index in [0.717, 1.165) is 63.8 Å². The number of nitrogens with one attached hydrogen (secondary N) is 1. The van der Waals surface area contributed by atoms with Crippen LogP contribution in [0.3, 0.4) is 0 Å². The molecule has 156 valence electrons. The van der Waals surface area contributed by atoms with E-state index in [4.69, 9.17) is 0 Å². The van der Waals surface area contributed by atoms with Gasteiger partial charge in [0.15, 0.2) is 5.16 Å². The minimum atomic E-state index is -0.247. The predicted octanol–water partition coefficient (Wildman–Crippen LogP) is 5.17. The number of H-pyrrole nitrogens is 1. The van der Waals surface area contributed by atoms with Gasteiger partial charge >= 0.3 is 0 Å². The molecule has 0 saturated heterocycles. The SMILES string of the molecule is Fc1ccc2c(Cc3nnc(Sc4cccnc4)n3CCCC3=CCC=N3)c[nH]c2c1. The summed E-state index contributed by atoms with van der Waals surface area (Å²) in [5.41, 5.74) is 3.01. The van der Waals surface area contributed by atoms with Crippen LogP contribution >= 0.6 is 11.8 Å². The van der Waals surface area contributed by atoms with Gasteiger partial charge in [-0.25, -0.2) is 4.39 Å². The van der Waals surface area contributed by atoms with E-state index in [9.17, 15) is 4.39 Å². The molecule has 0 bridgehead atoms. The minimum Gasteiger partial charge on any atom is -0.361 e. The lowest BCUT2D eigenvalue weighted by atomic mass is 10.1. The lowest BCUT2D eigenvalue weighted by Crippen LogP contribution is -2.06. The zero-order valence-electron chi connectivity index (χ0n) is 16.8. The van der Waals surface area contributed by atoms with Gasteiger partial charge in [-0.3, -0.25) is 9.98 Å². The van der Waals surface area contributed by atoms with Crippen molar-refractivity contribution in [3.05, 3.63) is 77.9 Å². The summed E-state index contributed by atoms with van der Waals surface area (Å²) < 4.78 is 15.7. The van der Waals surface area contributed by atoms with E-state index in [-0.39, 0.29) is 5.82 Å². The summed E-state index contributed by atoms with van der Waals surface area (Å²) in [6.07, 6.45) is 13.1. The van der Waals surface area contributed by atoms with E-state index in [0.29, 0.717) is 6.42 Å². The maximum Gasteiger partial charge on any atom is 0.196 e. The zero-order chi connectivity index (χ0) is 21.0. The average Bonchev–Trinajstić information content (AvgIpc) is 3.52. The van der Waals surface area contributed by atoms with Crippen LogP contribution in [0.5, 0.6) is 0 Å². The number of aromatic amines is 1. The molecule has 0 radical (unpaired) electrons.